The molecular weight excluding hydrogens is 238 g/mol. The Morgan fingerprint density at radius 3 is 2.94 bits per heavy atom. The maximum absolute atomic E-state index is 11.0. The minimum Gasteiger partial charge on any atom is -0.478 e. The van der Waals surface area contributed by atoms with E-state index >= 15 is 0 Å². The normalized spacial score (nSPS) is 14.2. The topological polar surface area (TPSA) is 114 Å². The molecule has 4 N–H and O–H groups in total. The first-order valence-corrected chi connectivity index (χ1v) is 5.14. The Balaban J connectivity index is 2.31. The largest absolute Gasteiger partial charge is 0.478 e. The van der Waals surface area contributed by atoms with E-state index in [-0.39, 0.29) is 0 Å². The van der Waals surface area contributed by atoms with Crippen LogP contribution in [-0.2, 0) is 16.1 Å². The minimum atomic E-state index is -1.40. The van der Waals surface area contributed by atoms with Gasteiger partial charge in [0.05, 0.1) is 12.9 Å². The van der Waals surface area contributed by atoms with Crippen LogP contribution < -0.4 is 11.1 Å². The number of primary amides is 1. The van der Waals surface area contributed by atoms with Gasteiger partial charge >= 0.3 is 12.1 Å². The molecule has 1 heterocycles. The number of carboxylic acid groups (broad SMARTS) is 1. The highest BCUT2D eigenvalue weighted by Gasteiger charge is 2.24. The number of amides is 1. The van der Waals surface area contributed by atoms with Gasteiger partial charge in [-0.05, 0) is 17.7 Å². The van der Waals surface area contributed by atoms with Crippen LogP contribution in [-0.4, -0.2) is 23.5 Å². The number of carboxylic acids is 1. The van der Waals surface area contributed by atoms with Crippen LogP contribution in [0.4, 0.5) is 10.5 Å². The van der Waals surface area contributed by atoms with E-state index in [0.717, 1.165) is 11.3 Å². The van der Waals surface area contributed by atoms with E-state index in [9.17, 15) is 9.59 Å². The fourth-order valence-corrected chi connectivity index (χ4v) is 1.68. The molecule has 7 heteroatoms. The number of ether oxygens (including phenoxy) is 1. The molecule has 1 aromatic carbocycles. The zero-order valence-electron chi connectivity index (χ0n) is 9.29. The average Bonchev–Trinajstić information content (AvgIpc) is 2.35. The second-order valence-corrected chi connectivity index (χ2v) is 3.69. The number of benzene rings is 1. The number of nitrogens with zero attached hydrogens (tertiary/aromatic N) is 1. The third-order valence-corrected chi connectivity index (χ3v) is 2.46. The van der Waals surface area contributed by atoms with Crippen molar-refractivity contribution in [3.05, 3.63) is 29.3 Å². The van der Waals surface area contributed by atoms with Gasteiger partial charge in [-0.1, -0.05) is 6.07 Å². The van der Waals surface area contributed by atoms with Gasteiger partial charge in [0, 0.05) is 11.3 Å². The molecule has 1 unspecified atom stereocenters. The number of rotatable bonds is 3. The van der Waals surface area contributed by atoms with Crippen LogP contribution in [0.1, 0.15) is 17.2 Å². The number of anilines is 1. The molecule has 94 valence electrons. The van der Waals surface area contributed by atoms with Gasteiger partial charge in [0.2, 0.25) is 6.10 Å². The molecule has 0 bridgehead atoms. The molecule has 1 amide bonds. The molecule has 1 aromatic rings. The molecule has 0 spiro atoms. The Bertz CT molecular complexity index is 527. The lowest BCUT2D eigenvalue weighted by molar-refractivity contribution is -0.147. The molecule has 0 aromatic heterocycles. The predicted octanol–water partition coefficient (Wildman–Crippen LogP) is 0.861. The summed E-state index contributed by atoms with van der Waals surface area (Å²) in [5.41, 5.74) is 6.86. The van der Waals surface area contributed by atoms with Crippen LogP contribution in [0, 0.1) is 0 Å². The number of nitrogens with two attached hydrogens (primary N) is 1. The van der Waals surface area contributed by atoms with E-state index < -0.39 is 18.2 Å². The zero-order chi connectivity index (χ0) is 13.1. The van der Waals surface area contributed by atoms with Crippen molar-refractivity contribution in [2.45, 2.75) is 12.6 Å². The van der Waals surface area contributed by atoms with Gasteiger partial charge in [0.15, 0.2) is 0 Å². The Morgan fingerprint density at radius 2 is 2.28 bits per heavy atom. The minimum absolute atomic E-state index is 0.346. The lowest BCUT2D eigenvalue weighted by atomic mass is 10.0. The van der Waals surface area contributed by atoms with Gasteiger partial charge in [-0.3, -0.25) is 4.99 Å². The maximum atomic E-state index is 11.0. The van der Waals surface area contributed by atoms with Crippen molar-refractivity contribution in [3.63, 3.8) is 0 Å². The Hall–Kier alpha value is -2.57. The molecular formula is C11H11N3O4. The van der Waals surface area contributed by atoms with E-state index in [2.05, 4.69) is 15.0 Å². The standard InChI is InChI=1S/C11H11N3O4/c12-11(17)18-9(10(15)16)6-1-2-8-7(3-6)4-13-5-14-8/h1-3,5,9H,4H2,(H2,12,17)(H,13,14)(H,15,16). The SMILES string of the molecule is NC(=O)OC(C(=O)O)c1ccc2c(c1)CN=CN2. The molecule has 1 atom stereocenters. The Labute approximate surface area is 102 Å². The van der Waals surface area contributed by atoms with E-state index in [1.54, 1.807) is 24.5 Å². The smallest absolute Gasteiger partial charge is 0.405 e. The van der Waals surface area contributed by atoms with Crippen molar-refractivity contribution in [1.29, 1.82) is 0 Å². The monoisotopic (exact) mass is 249 g/mol. The van der Waals surface area contributed by atoms with Crippen LogP contribution >= 0.6 is 0 Å². The average molecular weight is 249 g/mol. The lowest BCUT2D eigenvalue weighted by Gasteiger charge is -2.17. The van der Waals surface area contributed by atoms with Crippen LogP contribution in [0.25, 0.3) is 0 Å². The summed E-state index contributed by atoms with van der Waals surface area (Å²) in [6.45, 7) is 0.444. The van der Waals surface area contributed by atoms with Crippen molar-refractivity contribution in [3.8, 4) is 0 Å². The van der Waals surface area contributed by atoms with Gasteiger partial charge in [-0.15, -0.1) is 0 Å². The molecule has 0 saturated heterocycles. The molecule has 0 fully saturated rings. The summed E-state index contributed by atoms with van der Waals surface area (Å²) >= 11 is 0. The van der Waals surface area contributed by atoms with Crippen molar-refractivity contribution in [1.82, 2.24) is 0 Å². The quantitative estimate of drug-likeness (QED) is 0.735. The summed E-state index contributed by atoms with van der Waals surface area (Å²) in [6.07, 6.45) is -0.966. The van der Waals surface area contributed by atoms with E-state index in [0.29, 0.717) is 12.1 Å². The van der Waals surface area contributed by atoms with E-state index in [1.807, 2.05) is 0 Å². The molecule has 0 radical (unpaired) electrons. The number of aliphatic carboxylic acids is 1. The third kappa shape index (κ3) is 2.40. The van der Waals surface area contributed by atoms with Crippen molar-refractivity contribution in [2.24, 2.45) is 10.7 Å². The van der Waals surface area contributed by atoms with Crippen LogP contribution in [0.3, 0.4) is 0 Å². The van der Waals surface area contributed by atoms with Crippen LogP contribution in [0.5, 0.6) is 0 Å². The van der Waals surface area contributed by atoms with Crippen molar-refractivity contribution in [2.75, 3.05) is 5.32 Å². The second kappa shape index (κ2) is 4.74. The summed E-state index contributed by atoms with van der Waals surface area (Å²) in [4.78, 5) is 25.7. The van der Waals surface area contributed by atoms with Gasteiger partial charge in [-0.2, -0.15) is 0 Å². The highest BCUT2D eigenvalue weighted by Crippen LogP contribution is 2.25. The van der Waals surface area contributed by atoms with Crippen molar-refractivity contribution >= 4 is 24.1 Å². The molecule has 1 aliphatic rings. The summed E-state index contributed by atoms with van der Waals surface area (Å²) in [6, 6.07) is 4.89. The molecule has 0 saturated carbocycles. The van der Waals surface area contributed by atoms with Gasteiger partial charge in [-0.25, -0.2) is 9.59 Å². The number of nitrogens with one attached hydrogen (secondary N) is 1. The predicted molar refractivity (Wildman–Crippen MR) is 63.3 cm³/mol. The number of hydrogen-bond acceptors (Lipinski definition) is 5. The van der Waals surface area contributed by atoms with E-state index in [1.165, 1.54) is 0 Å². The number of hydrogen-bond donors (Lipinski definition) is 3. The Morgan fingerprint density at radius 1 is 1.50 bits per heavy atom. The van der Waals surface area contributed by atoms with Crippen LogP contribution in [0.15, 0.2) is 23.2 Å². The number of carbonyl (C=O) groups excluding carboxylic acids is 1. The Kier molecular flexibility index (Phi) is 3.13. The zero-order valence-corrected chi connectivity index (χ0v) is 9.29. The van der Waals surface area contributed by atoms with Gasteiger partial charge < -0.3 is 20.9 Å². The molecule has 1 aliphatic heterocycles. The number of aliphatic imine (C=N–C) groups is 1. The summed E-state index contributed by atoms with van der Waals surface area (Å²) in [7, 11) is 0. The highest BCUT2D eigenvalue weighted by atomic mass is 16.6. The fraction of sp³-hybridized carbons (Fsp3) is 0.182. The number of fused-ring (bicyclic) bond motifs is 1. The van der Waals surface area contributed by atoms with Crippen molar-refractivity contribution < 1.29 is 19.4 Å². The summed E-state index contributed by atoms with van der Waals surface area (Å²) < 4.78 is 4.57. The molecule has 7 nitrogen and oxygen atoms in total. The fourth-order valence-electron chi connectivity index (χ4n) is 1.68. The molecule has 18 heavy (non-hydrogen) atoms. The summed E-state index contributed by atoms with van der Waals surface area (Å²) in [5.74, 6) is -1.28. The van der Waals surface area contributed by atoms with Gasteiger partial charge in [0.1, 0.15) is 0 Å². The third-order valence-electron chi connectivity index (χ3n) is 2.46. The van der Waals surface area contributed by atoms with Gasteiger partial charge in [0.25, 0.3) is 0 Å². The first-order valence-electron chi connectivity index (χ1n) is 5.14. The first-order chi connectivity index (χ1) is 8.58. The highest BCUT2D eigenvalue weighted by molar-refractivity contribution is 5.81. The van der Waals surface area contributed by atoms with E-state index in [4.69, 9.17) is 10.8 Å². The second-order valence-electron chi connectivity index (χ2n) is 3.69. The number of carbonyl (C=O) groups is 2. The molecule has 0 aliphatic carbocycles. The maximum Gasteiger partial charge on any atom is 0.405 e. The summed E-state index contributed by atoms with van der Waals surface area (Å²) in [5, 5.41) is 11.9. The lowest BCUT2D eigenvalue weighted by Crippen LogP contribution is -2.23. The van der Waals surface area contributed by atoms with Crippen LogP contribution in [0.2, 0.25) is 0 Å². The first kappa shape index (κ1) is 11.9. The molecule has 2 rings (SSSR count).